The average molecular weight is 422 g/mol. The van der Waals surface area contributed by atoms with Gasteiger partial charge in [0.2, 0.25) is 0 Å². The van der Waals surface area contributed by atoms with Gasteiger partial charge in [-0.2, -0.15) is 0 Å². The van der Waals surface area contributed by atoms with Crippen molar-refractivity contribution in [3.63, 3.8) is 0 Å². The summed E-state index contributed by atoms with van der Waals surface area (Å²) in [5, 5.41) is 2.26. The molecule has 0 saturated heterocycles. The first kappa shape index (κ1) is 21.9. The fraction of sp³-hybridized carbons (Fsp3) is 0.276. The van der Waals surface area contributed by atoms with E-state index < -0.39 is 0 Å². The van der Waals surface area contributed by atoms with E-state index in [4.69, 9.17) is 15.0 Å². The molecule has 1 heterocycles. The Kier molecular flexibility index (Phi) is 6.18. The van der Waals surface area contributed by atoms with E-state index in [0.717, 1.165) is 57.8 Å². The third-order valence-corrected chi connectivity index (χ3v) is 6.20. The number of allylic oxidation sites excluding steroid dienone is 3. The Morgan fingerprint density at radius 1 is 0.844 bits per heavy atom. The highest BCUT2D eigenvalue weighted by molar-refractivity contribution is 6.11. The monoisotopic (exact) mass is 421 g/mol. The van der Waals surface area contributed by atoms with E-state index in [2.05, 4.69) is 96.1 Å². The number of benzene rings is 2. The summed E-state index contributed by atoms with van der Waals surface area (Å²) >= 11 is 0. The first-order valence-electron chi connectivity index (χ1n) is 11.3. The highest BCUT2D eigenvalue weighted by Gasteiger charge is 2.14. The molecule has 3 nitrogen and oxygen atoms in total. The van der Waals surface area contributed by atoms with Crippen molar-refractivity contribution in [2.24, 2.45) is 9.98 Å². The Hall–Kier alpha value is -3.33. The number of aliphatic imine (C=N–C) groups is 2. The molecule has 4 rings (SSSR count). The fourth-order valence-corrected chi connectivity index (χ4v) is 4.33. The highest BCUT2D eigenvalue weighted by atomic mass is 14.8. The topological polar surface area (TPSA) is 37.6 Å². The first-order valence-corrected chi connectivity index (χ1v) is 11.3. The van der Waals surface area contributed by atoms with Gasteiger partial charge in [0.15, 0.2) is 0 Å². The van der Waals surface area contributed by atoms with Crippen molar-refractivity contribution in [1.29, 1.82) is 0 Å². The molecule has 0 N–H and O–H groups in total. The van der Waals surface area contributed by atoms with E-state index in [1.807, 2.05) is 0 Å². The van der Waals surface area contributed by atoms with Crippen LogP contribution in [-0.4, -0.2) is 16.4 Å². The van der Waals surface area contributed by atoms with Crippen LogP contribution < -0.4 is 0 Å². The SMILES string of the molecule is CC1=CCCC(C)=C1N=C(C)c1cc2ccccc2c(C(C)=Nc2c(C)cccc2C)n1. The second-order valence-electron chi connectivity index (χ2n) is 8.77. The number of aromatic nitrogens is 1. The van der Waals surface area contributed by atoms with E-state index in [0.29, 0.717) is 0 Å². The molecule has 0 unspecified atom stereocenters. The van der Waals surface area contributed by atoms with Crippen LogP contribution >= 0.6 is 0 Å². The minimum absolute atomic E-state index is 0.897. The molecule has 3 aromatic rings. The Morgan fingerprint density at radius 3 is 2.28 bits per heavy atom. The molecule has 32 heavy (non-hydrogen) atoms. The molecular weight excluding hydrogens is 390 g/mol. The molecule has 1 aliphatic carbocycles. The Labute approximate surface area is 191 Å². The molecule has 2 aromatic carbocycles. The van der Waals surface area contributed by atoms with Crippen LogP contribution in [0.25, 0.3) is 10.8 Å². The zero-order valence-corrected chi connectivity index (χ0v) is 20.0. The van der Waals surface area contributed by atoms with Gasteiger partial charge in [-0.25, -0.2) is 4.98 Å². The summed E-state index contributed by atoms with van der Waals surface area (Å²) in [7, 11) is 0. The molecule has 162 valence electrons. The summed E-state index contributed by atoms with van der Waals surface area (Å²) in [5.74, 6) is 0. The summed E-state index contributed by atoms with van der Waals surface area (Å²) < 4.78 is 0. The van der Waals surface area contributed by atoms with Crippen molar-refractivity contribution in [1.82, 2.24) is 4.98 Å². The number of fused-ring (bicyclic) bond motifs is 1. The van der Waals surface area contributed by atoms with Gasteiger partial charge in [0.05, 0.1) is 34.2 Å². The normalized spacial score (nSPS) is 15.4. The molecule has 0 atom stereocenters. The lowest BCUT2D eigenvalue weighted by atomic mass is 9.98. The molecule has 0 saturated carbocycles. The summed E-state index contributed by atoms with van der Waals surface area (Å²) in [6.45, 7) is 12.7. The maximum atomic E-state index is 5.07. The quantitative estimate of drug-likeness (QED) is 0.396. The maximum absolute atomic E-state index is 5.07. The molecular formula is C29H31N3. The Morgan fingerprint density at radius 2 is 1.56 bits per heavy atom. The van der Waals surface area contributed by atoms with Crippen LogP contribution in [0.3, 0.4) is 0 Å². The molecule has 0 spiro atoms. The van der Waals surface area contributed by atoms with E-state index >= 15 is 0 Å². The van der Waals surface area contributed by atoms with E-state index in [1.165, 1.54) is 22.3 Å². The molecule has 3 heteroatoms. The van der Waals surface area contributed by atoms with Gasteiger partial charge >= 0.3 is 0 Å². The number of hydrogen-bond donors (Lipinski definition) is 0. The Balaban J connectivity index is 1.87. The minimum Gasteiger partial charge on any atom is -0.251 e. The molecule has 1 aromatic heterocycles. The van der Waals surface area contributed by atoms with Crippen molar-refractivity contribution in [3.8, 4) is 0 Å². The molecule has 0 amide bonds. The summed E-state index contributed by atoms with van der Waals surface area (Å²) in [4.78, 5) is 15.1. The van der Waals surface area contributed by atoms with Gasteiger partial charge in [-0.05, 0) is 88.1 Å². The summed E-state index contributed by atoms with van der Waals surface area (Å²) in [6.07, 6.45) is 4.45. The second-order valence-corrected chi connectivity index (χ2v) is 8.77. The van der Waals surface area contributed by atoms with Crippen LogP contribution in [0.2, 0.25) is 0 Å². The van der Waals surface area contributed by atoms with Crippen molar-refractivity contribution in [2.45, 2.75) is 54.4 Å². The largest absolute Gasteiger partial charge is 0.251 e. The standard InChI is InChI=1S/C29H31N3/c1-18-11-9-12-19(2)27(18)30-22(5)26-17-24-15-7-8-16-25(24)29(32-26)23(6)31-28-20(3)13-10-14-21(28)4/h7-8,10-11,13-17H,9,12H2,1-6H3. The number of para-hydroxylation sites is 1. The lowest BCUT2D eigenvalue weighted by Gasteiger charge is -2.15. The lowest BCUT2D eigenvalue weighted by Crippen LogP contribution is -2.08. The van der Waals surface area contributed by atoms with E-state index in [9.17, 15) is 0 Å². The zero-order chi connectivity index (χ0) is 22.8. The fourth-order valence-electron chi connectivity index (χ4n) is 4.33. The van der Waals surface area contributed by atoms with Crippen LogP contribution in [-0.2, 0) is 0 Å². The van der Waals surface area contributed by atoms with Crippen molar-refractivity contribution < 1.29 is 0 Å². The number of nitrogens with zero attached hydrogens (tertiary/aromatic N) is 3. The Bertz CT molecular complexity index is 1300. The van der Waals surface area contributed by atoms with Gasteiger partial charge in [0.25, 0.3) is 0 Å². The van der Waals surface area contributed by atoms with Crippen LogP contribution in [0.1, 0.15) is 63.1 Å². The predicted molar refractivity (Wildman–Crippen MR) is 137 cm³/mol. The molecule has 0 radical (unpaired) electrons. The predicted octanol–water partition coefficient (Wildman–Crippen LogP) is 7.82. The zero-order valence-electron chi connectivity index (χ0n) is 20.0. The number of aryl methyl sites for hydroxylation is 2. The van der Waals surface area contributed by atoms with Gasteiger partial charge < -0.3 is 0 Å². The van der Waals surface area contributed by atoms with Crippen LogP contribution in [0.4, 0.5) is 5.69 Å². The number of pyridine rings is 1. The van der Waals surface area contributed by atoms with Crippen molar-refractivity contribution in [3.05, 3.63) is 94.0 Å². The van der Waals surface area contributed by atoms with E-state index in [-0.39, 0.29) is 0 Å². The van der Waals surface area contributed by atoms with Crippen LogP contribution in [0.15, 0.2) is 81.4 Å². The summed E-state index contributed by atoms with van der Waals surface area (Å²) in [6, 6.07) is 16.8. The van der Waals surface area contributed by atoms with Gasteiger partial charge in [0.1, 0.15) is 0 Å². The average Bonchev–Trinajstić information content (AvgIpc) is 2.78. The minimum atomic E-state index is 0.897. The van der Waals surface area contributed by atoms with Gasteiger partial charge in [-0.15, -0.1) is 0 Å². The van der Waals surface area contributed by atoms with Crippen molar-refractivity contribution >= 4 is 27.9 Å². The molecule has 0 aliphatic heterocycles. The molecule has 0 fully saturated rings. The van der Waals surface area contributed by atoms with Crippen LogP contribution in [0, 0.1) is 13.8 Å². The molecule has 0 bridgehead atoms. The third-order valence-electron chi connectivity index (χ3n) is 6.20. The summed E-state index contributed by atoms with van der Waals surface area (Å²) in [5.41, 5.74) is 10.7. The van der Waals surface area contributed by atoms with Crippen molar-refractivity contribution in [2.75, 3.05) is 0 Å². The molecule has 1 aliphatic rings. The third kappa shape index (κ3) is 4.34. The number of hydrogen-bond acceptors (Lipinski definition) is 3. The van der Waals surface area contributed by atoms with Crippen LogP contribution in [0.5, 0.6) is 0 Å². The highest BCUT2D eigenvalue weighted by Crippen LogP contribution is 2.28. The number of rotatable bonds is 4. The lowest BCUT2D eigenvalue weighted by molar-refractivity contribution is 0.910. The van der Waals surface area contributed by atoms with Gasteiger partial charge in [0, 0.05) is 5.39 Å². The first-order chi connectivity index (χ1) is 15.3. The maximum Gasteiger partial charge on any atom is 0.0928 e. The smallest absolute Gasteiger partial charge is 0.0928 e. The van der Waals surface area contributed by atoms with Gasteiger partial charge in [-0.3, -0.25) is 9.98 Å². The van der Waals surface area contributed by atoms with Gasteiger partial charge in [-0.1, -0.05) is 48.5 Å². The van der Waals surface area contributed by atoms with E-state index in [1.54, 1.807) is 0 Å². The second kappa shape index (κ2) is 9.04.